The highest BCUT2D eigenvalue weighted by atomic mass is 16.2. The second-order valence-corrected chi connectivity index (χ2v) is 10.4. The van der Waals surface area contributed by atoms with Crippen LogP contribution in [0, 0.1) is 5.92 Å². The number of hydrogen-bond acceptors (Lipinski definition) is 6. The number of rotatable bonds is 6. The first kappa shape index (κ1) is 24.2. The third-order valence-corrected chi connectivity index (χ3v) is 8.15. The molecule has 3 aromatic rings. The average Bonchev–Trinajstić information content (AvgIpc) is 3.58. The minimum Gasteiger partial charge on any atom is -0.368 e. The molecule has 6 rings (SSSR count). The largest absolute Gasteiger partial charge is 0.368 e. The Hall–Kier alpha value is -3.20. The summed E-state index contributed by atoms with van der Waals surface area (Å²) in [6.07, 6.45) is 0.939. The normalized spacial score (nSPS) is 22.3. The van der Waals surface area contributed by atoms with Crippen LogP contribution in [0.1, 0.15) is 40.3 Å². The first-order valence-electron chi connectivity index (χ1n) is 13.6. The van der Waals surface area contributed by atoms with E-state index < -0.39 is 0 Å². The fourth-order valence-corrected chi connectivity index (χ4v) is 6.15. The van der Waals surface area contributed by atoms with Gasteiger partial charge in [-0.25, -0.2) is 5.43 Å². The number of aryl methyl sites for hydroxylation is 1. The van der Waals surface area contributed by atoms with Gasteiger partial charge >= 0.3 is 0 Å². The zero-order valence-electron chi connectivity index (χ0n) is 21.6. The Balaban J connectivity index is 1.15. The average molecular weight is 500 g/mol. The van der Waals surface area contributed by atoms with Crippen molar-refractivity contribution in [3.63, 3.8) is 0 Å². The van der Waals surface area contributed by atoms with Gasteiger partial charge < -0.3 is 9.80 Å². The SMILES string of the molecule is CCn1nc(C(=O)N2CCN(c3ccccc3)CC2)c2c1CCN(CC1CNNC1c1ccccc1)C2. The number of anilines is 1. The molecule has 4 heterocycles. The number of fused-ring (bicyclic) bond motifs is 1. The number of nitrogens with zero attached hydrogens (tertiary/aromatic N) is 5. The number of para-hydroxylation sites is 1. The Kier molecular flexibility index (Phi) is 6.95. The van der Waals surface area contributed by atoms with Crippen molar-refractivity contribution in [2.45, 2.75) is 32.5 Å². The van der Waals surface area contributed by atoms with E-state index in [1.807, 2.05) is 11.0 Å². The molecule has 8 heteroatoms. The van der Waals surface area contributed by atoms with E-state index in [-0.39, 0.29) is 5.91 Å². The Labute approximate surface area is 219 Å². The summed E-state index contributed by atoms with van der Waals surface area (Å²) in [5.41, 5.74) is 12.4. The van der Waals surface area contributed by atoms with Crippen LogP contribution in [0.2, 0.25) is 0 Å². The second-order valence-electron chi connectivity index (χ2n) is 10.4. The van der Waals surface area contributed by atoms with E-state index in [1.165, 1.54) is 16.9 Å². The van der Waals surface area contributed by atoms with E-state index in [4.69, 9.17) is 5.10 Å². The summed E-state index contributed by atoms with van der Waals surface area (Å²) in [6, 6.07) is 21.4. The van der Waals surface area contributed by atoms with E-state index in [9.17, 15) is 4.79 Å². The highest BCUT2D eigenvalue weighted by molar-refractivity contribution is 5.94. The lowest BCUT2D eigenvalue weighted by molar-refractivity contribution is 0.0737. The third kappa shape index (κ3) is 4.89. The van der Waals surface area contributed by atoms with Crippen LogP contribution in [0.15, 0.2) is 60.7 Å². The standard InChI is InChI=1S/C29H37N7O/c1-2-36-26-13-14-33(20-23-19-30-31-27(23)22-9-5-3-6-10-22)21-25(26)28(32-36)29(37)35-17-15-34(16-18-35)24-11-7-4-8-12-24/h3-12,23,27,30-31H,2,13-21H2,1H3. The van der Waals surface area contributed by atoms with Crippen LogP contribution in [0.25, 0.3) is 0 Å². The number of hydrogen-bond donors (Lipinski definition) is 2. The van der Waals surface area contributed by atoms with Gasteiger partial charge in [-0.15, -0.1) is 0 Å². The molecule has 0 bridgehead atoms. The summed E-state index contributed by atoms with van der Waals surface area (Å²) in [7, 11) is 0. The first-order valence-corrected chi connectivity index (χ1v) is 13.6. The van der Waals surface area contributed by atoms with E-state index in [2.05, 4.69) is 86.9 Å². The van der Waals surface area contributed by atoms with Crippen molar-refractivity contribution in [1.29, 1.82) is 0 Å². The van der Waals surface area contributed by atoms with Crippen molar-refractivity contribution in [3.8, 4) is 0 Å². The summed E-state index contributed by atoms with van der Waals surface area (Å²) in [4.78, 5) is 20.6. The molecule has 8 nitrogen and oxygen atoms in total. The van der Waals surface area contributed by atoms with Crippen LogP contribution in [-0.4, -0.2) is 71.3 Å². The lowest BCUT2D eigenvalue weighted by Crippen LogP contribution is -2.49. The molecular weight excluding hydrogens is 462 g/mol. The Morgan fingerprint density at radius 3 is 2.43 bits per heavy atom. The summed E-state index contributed by atoms with van der Waals surface area (Å²) in [6.45, 7) is 9.78. The molecule has 1 amide bonds. The van der Waals surface area contributed by atoms with Gasteiger partial charge in [0.2, 0.25) is 0 Å². The van der Waals surface area contributed by atoms with Crippen molar-refractivity contribution < 1.29 is 4.79 Å². The van der Waals surface area contributed by atoms with Crippen molar-refractivity contribution in [2.24, 2.45) is 5.92 Å². The van der Waals surface area contributed by atoms with Gasteiger partial charge in [0, 0.05) is 88.2 Å². The third-order valence-electron chi connectivity index (χ3n) is 8.15. The van der Waals surface area contributed by atoms with E-state index >= 15 is 0 Å². The molecular formula is C29H37N7O. The molecule has 2 N–H and O–H groups in total. The molecule has 0 spiro atoms. The summed E-state index contributed by atoms with van der Waals surface area (Å²) in [5.74, 6) is 0.555. The number of nitrogens with one attached hydrogen (secondary N) is 2. The van der Waals surface area contributed by atoms with Gasteiger partial charge in [-0.2, -0.15) is 5.10 Å². The van der Waals surface area contributed by atoms with Crippen LogP contribution in [0.5, 0.6) is 0 Å². The fourth-order valence-electron chi connectivity index (χ4n) is 6.15. The lowest BCUT2D eigenvalue weighted by Gasteiger charge is -2.36. The number of hydrazine groups is 1. The summed E-state index contributed by atoms with van der Waals surface area (Å²) < 4.78 is 2.06. The maximum Gasteiger partial charge on any atom is 0.274 e. The molecule has 3 aliphatic heterocycles. The van der Waals surface area contributed by atoms with Gasteiger partial charge in [-0.05, 0) is 24.6 Å². The molecule has 2 unspecified atom stereocenters. The smallest absolute Gasteiger partial charge is 0.274 e. The van der Waals surface area contributed by atoms with Crippen molar-refractivity contribution in [3.05, 3.63) is 83.2 Å². The van der Waals surface area contributed by atoms with Gasteiger partial charge in [0.05, 0.1) is 6.04 Å². The zero-order valence-corrected chi connectivity index (χ0v) is 21.6. The predicted molar refractivity (Wildman–Crippen MR) is 145 cm³/mol. The van der Waals surface area contributed by atoms with E-state index in [0.717, 1.165) is 70.9 Å². The van der Waals surface area contributed by atoms with Gasteiger partial charge in [-0.1, -0.05) is 48.5 Å². The molecule has 3 aliphatic rings. The Morgan fingerprint density at radius 1 is 0.973 bits per heavy atom. The number of amides is 1. The quantitative estimate of drug-likeness (QED) is 0.544. The van der Waals surface area contributed by atoms with Crippen molar-refractivity contribution in [2.75, 3.05) is 50.7 Å². The topological polar surface area (TPSA) is 68.7 Å². The highest BCUT2D eigenvalue weighted by Crippen LogP contribution is 2.29. The summed E-state index contributed by atoms with van der Waals surface area (Å²) in [5, 5.41) is 4.85. The molecule has 2 saturated heterocycles. The molecule has 2 fully saturated rings. The maximum atomic E-state index is 13.7. The fraction of sp³-hybridized carbons (Fsp3) is 0.448. The summed E-state index contributed by atoms with van der Waals surface area (Å²) >= 11 is 0. The molecule has 2 atom stereocenters. The van der Waals surface area contributed by atoms with Crippen LogP contribution in [0.3, 0.4) is 0 Å². The molecule has 37 heavy (non-hydrogen) atoms. The van der Waals surface area contributed by atoms with Crippen molar-refractivity contribution in [1.82, 2.24) is 30.4 Å². The van der Waals surface area contributed by atoms with Gasteiger partial charge in [0.15, 0.2) is 5.69 Å². The highest BCUT2D eigenvalue weighted by Gasteiger charge is 2.34. The Morgan fingerprint density at radius 2 is 1.70 bits per heavy atom. The van der Waals surface area contributed by atoms with E-state index in [1.54, 1.807) is 0 Å². The molecule has 194 valence electrons. The second kappa shape index (κ2) is 10.7. The van der Waals surface area contributed by atoms with E-state index in [0.29, 0.717) is 17.7 Å². The lowest BCUT2D eigenvalue weighted by atomic mass is 9.93. The van der Waals surface area contributed by atoms with Crippen LogP contribution in [-0.2, 0) is 19.5 Å². The zero-order chi connectivity index (χ0) is 25.2. The molecule has 0 radical (unpaired) electrons. The predicted octanol–water partition coefficient (Wildman–Crippen LogP) is 2.69. The number of benzene rings is 2. The Bertz CT molecular complexity index is 1200. The molecule has 2 aromatic carbocycles. The van der Waals surface area contributed by atoms with Crippen molar-refractivity contribution >= 4 is 11.6 Å². The molecule has 0 aliphatic carbocycles. The van der Waals surface area contributed by atoms with Gasteiger partial charge in [0.25, 0.3) is 5.91 Å². The van der Waals surface area contributed by atoms with Crippen LogP contribution in [0.4, 0.5) is 5.69 Å². The van der Waals surface area contributed by atoms with Gasteiger partial charge in [0.1, 0.15) is 0 Å². The number of carbonyl (C=O) groups excluding carboxylic acids is 1. The molecule has 1 aromatic heterocycles. The maximum absolute atomic E-state index is 13.7. The minimum absolute atomic E-state index is 0.0874. The number of piperazine rings is 1. The van der Waals surface area contributed by atoms with Crippen LogP contribution < -0.4 is 15.8 Å². The van der Waals surface area contributed by atoms with Gasteiger partial charge in [-0.3, -0.25) is 19.8 Å². The number of carbonyl (C=O) groups is 1. The number of aromatic nitrogens is 2. The van der Waals surface area contributed by atoms with Crippen LogP contribution >= 0.6 is 0 Å². The monoisotopic (exact) mass is 499 g/mol. The minimum atomic E-state index is 0.0874. The first-order chi connectivity index (χ1) is 18.2. The molecule has 0 saturated carbocycles.